The molecule has 0 aromatic rings. The van der Waals surface area contributed by atoms with Gasteiger partial charge in [-0.15, -0.1) is 0 Å². The fraction of sp³-hybridized carbons (Fsp3) is 1.00. The minimum Gasteiger partial charge on any atom is -0.311 e. The third-order valence-electron chi connectivity index (χ3n) is 4.87. The highest BCUT2D eigenvalue weighted by atomic mass is 15.1. The number of likely N-dealkylation sites (tertiary alicyclic amines) is 2. The van der Waals surface area contributed by atoms with Gasteiger partial charge in [-0.05, 0) is 77.8 Å². The third kappa shape index (κ3) is 5.05. The zero-order valence-corrected chi connectivity index (χ0v) is 13.0. The van der Waals surface area contributed by atoms with Crippen LogP contribution in [0.15, 0.2) is 0 Å². The summed E-state index contributed by atoms with van der Waals surface area (Å²) in [6, 6.07) is 1.56. The lowest BCUT2D eigenvalue weighted by Gasteiger charge is -2.33. The summed E-state index contributed by atoms with van der Waals surface area (Å²) in [7, 11) is 0. The molecule has 0 spiro atoms. The molecule has 3 nitrogen and oxygen atoms in total. The van der Waals surface area contributed by atoms with Crippen molar-refractivity contribution in [2.45, 2.75) is 64.5 Å². The summed E-state index contributed by atoms with van der Waals surface area (Å²) in [6.07, 6.45) is 8.12. The Kier molecular flexibility index (Phi) is 6.62. The van der Waals surface area contributed by atoms with Crippen LogP contribution in [0.5, 0.6) is 0 Å². The van der Waals surface area contributed by atoms with Crippen LogP contribution in [0.2, 0.25) is 0 Å². The van der Waals surface area contributed by atoms with Gasteiger partial charge in [0, 0.05) is 12.1 Å². The summed E-state index contributed by atoms with van der Waals surface area (Å²) in [5.41, 5.74) is 0. The Bertz CT molecular complexity index is 236. The van der Waals surface area contributed by atoms with E-state index in [0.717, 1.165) is 12.1 Å². The highest BCUT2D eigenvalue weighted by Gasteiger charge is 2.22. The molecule has 1 N–H and O–H groups in total. The van der Waals surface area contributed by atoms with E-state index >= 15 is 0 Å². The van der Waals surface area contributed by atoms with Crippen LogP contribution in [-0.4, -0.2) is 61.2 Å². The average Bonchev–Trinajstić information content (AvgIpc) is 2.66. The predicted molar refractivity (Wildman–Crippen MR) is 82.6 cm³/mol. The molecule has 0 aromatic carbocycles. The molecular formula is C16H33N3. The van der Waals surface area contributed by atoms with Crippen LogP contribution in [0.3, 0.4) is 0 Å². The van der Waals surface area contributed by atoms with Gasteiger partial charge in [0.1, 0.15) is 0 Å². The quantitative estimate of drug-likeness (QED) is 0.825. The second kappa shape index (κ2) is 8.23. The summed E-state index contributed by atoms with van der Waals surface area (Å²) < 4.78 is 0. The van der Waals surface area contributed by atoms with Crippen LogP contribution < -0.4 is 5.32 Å². The third-order valence-corrected chi connectivity index (χ3v) is 4.87. The van der Waals surface area contributed by atoms with Crippen molar-refractivity contribution in [2.75, 3.05) is 39.3 Å². The SMILES string of the molecule is CCCN1CCCC(NC2CCN(CC)CC2)CC1. The van der Waals surface area contributed by atoms with Crippen LogP contribution in [0.4, 0.5) is 0 Å². The molecule has 112 valence electrons. The Morgan fingerprint density at radius 2 is 1.47 bits per heavy atom. The molecule has 0 radical (unpaired) electrons. The Hall–Kier alpha value is -0.120. The van der Waals surface area contributed by atoms with E-state index in [1.54, 1.807) is 0 Å². The van der Waals surface area contributed by atoms with Gasteiger partial charge in [0.2, 0.25) is 0 Å². The van der Waals surface area contributed by atoms with E-state index in [4.69, 9.17) is 0 Å². The van der Waals surface area contributed by atoms with Gasteiger partial charge in [0.15, 0.2) is 0 Å². The van der Waals surface area contributed by atoms with Crippen molar-refractivity contribution in [1.29, 1.82) is 0 Å². The van der Waals surface area contributed by atoms with Gasteiger partial charge in [-0.25, -0.2) is 0 Å². The monoisotopic (exact) mass is 267 g/mol. The van der Waals surface area contributed by atoms with Gasteiger partial charge in [0.25, 0.3) is 0 Å². The number of rotatable bonds is 5. The Balaban J connectivity index is 1.68. The van der Waals surface area contributed by atoms with E-state index in [-0.39, 0.29) is 0 Å². The van der Waals surface area contributed by atoms with Gasteiger partial charge in [0.05, 0.1) is 0 Å². The largest absolute Gasteiger partial charge is 0.311 e. The minimum absolute atomic E-state index is 0.778. The molecule has 0 saturated carbocycles. The van der Waals surface area contributed by atoms with Crippen LogP contribution in [0.1, 0.15) is 52.4 Å². The summed E-state index contributed by atoms with van der Waals surface area (Å²) >= 11 is 0. The second-order valence-corrected chi connectivity index (χ2v) is 6.34. The molecule has 2 aliphatic heterocycles. The van der Waals surface area contributed by atoms with Crippen molar-refractivity contribution in [3.8, 4) is 0 Å². The van der Waals surface area contributed by atoms with E-state index in [1.807, 2.05) is 0 Å². The predicted octanol–water partition coefficient (Wildman–Crippen LogP) is 2.32. The number of hydrogen-bond acceptors (Lipinski definition) is 3. The first-order chi connectivity index (χ1) is 9.31. The molecule has 0 aliphatic carbocycles. The molecule has 0 aromatic heterocycles. The van der Waals surface area contributed by atoms with E-state index < -0.39 is 0 Å². The summed E-state index contributed by atoms with van der Waals surface area (Å²) in [4.78, 5) is 5.23. The Morgan fingerprint density at radius 3 is 2.11 bits per heavy atom. The van der Waals surface area contributed by atoms with Crippen LogP contribution in [0.25, 0.3) is 0 Å². The van der Waals surface area contributed by atoms with Gasteiger partial charge in [-0.3, -0.25) is 0 Å². The van der Waals surface area contributed by atoms with Crippen LogP contribution in [-0.2, 0) is 0 Å². The molecular weight excluding hydrogens is 234 g/mol. The van der Waals surface area contributed by atoms with Crippen molar-refractivity contribution >= 4 is 0 Å². The van der Waals surface area contributed by atoms with Crippen molar-refractivity contribution in [1.82, 2.24) is 15.1 Å². The molecule has 19 heavy (non-hydrogen) atoms. The maximum absolute atomic E-state index is 3.95. The molecule has 1 atom stereocenters. The van der Waals surface area contributed by atoms with Crippen LogP contribution >= 0.6 is 0 Å². The molecule has 2 fully saturated rings. The number of hydrogen-bond donors (Lipinski definition) is 1. The molecule has 3 heteroatoms. The second-order valence-electron chi connectivity index (χ2n) is 6.34. The fourth-order valence-electron chi connectivity index (χ4n) is 3.61. The first-order valence-corrected chi connectivity index (χ1v) is 8.52. The van der Waals surface area contributed by atoms with Gasteiger partial charge in [-0.2, -0.15) is 0 Å². The minimum atomic E-state index is 0.778. The highest BCUT2D eigenvalue weighted by Crippen LogP contribution is 2.16. The van der Waals surface area contributed by atoms with E-state index in [1.165, 1.54) is 77.8 Å². The van der Waals surface area contributed by atoms with Crippen molar-refractivity contribution in [3.05, 3.63) is 0 Å². The molecule has 2 saturated heterocycles. The van der Waals surface area contributed by atoms with E-state index in [0.29, 0.717) is 0 Å². The van der Waals surface area contributed by atoms with Crippen molar-refractivity contribution in [3.63, 3.8) is 0 Å². The number of nitrogens with zero attached hydrogens (tertiary/aromatic N) is 2. The molecule has 2 heterocycles. The smallest absolute Gasteiger partial charge is 0.00940 e. The van der Waals surface area contributed by atoms with E-state index in [2.05, 4.69) is 29.0 Å². The normalized spacial score (nSPS) is 28.4. The zero-order valence-electron chi connectivity index (χ0n) is 13.0. The molecule has 0 amide bonds. The van der Waals surface area contributed by atoms with E-state index in [9.17, 15) is 0 Å². The lowest BCUT2D eigenvalue weighted by atomic mass is 10.0. The Morgan fingerprint density at radius 1 is 0.842 bits per heavy atom. The van der Waals surface area contributed by atoms with Crippen molar-refractivity contribution < 1.29 is 0 Å². The lowest BCUT2D eigenvalue weighted by Crippen LogP contribution is -2.46. The summed E-state index contributed by atoms with van der Waals surface area (Å²) in [6.45, 7) is 12.3. The van der Waals surface area contributed by atoms with Gasteiger partial charge < -0.3 is 15.1 Å². The van der Waals surface area contributed by atoms with Crippen LogP contribution in [0, 0.1) is 0 Å². The molecule has 0 bridgehead atoms. The van der Waals surface area contributed by atoms with Crippen molar-refractivity contribution in [2.24, 2.45) is 0 Å². The maximum atomic E-state index is 3.95. The summed E-state index contributed by atoms with van der Waals surface area (Å²) in [5, 5.41) is 3.95. The summed E-state index contributed by atoms with van der Waals surface area (Å²) in [5.74, 6) is 0. The number of piperidine rings is 1. The Labute approximate surface area is 119 Å². The number of nitrogens with one attached hydrogen (secondary N) is 1. The average molecular weight is 267 g/mol. The molecule has 1 unspecified atom stereocenters. The van der Waals surface area contributed by atoms with Gasteiger partial charge in [-0.1, -0.05) is 13.8 Å². The first kappa shape index (κ1) is 15.3. The highest BCUT2D eigenvalue weighted by molar-refractivity contribution is 4.82. The molecule has 2 aliphatic rings. The first-order valence-electron chi connectivity index (χ1n) is 8.52. The van der Waals surface area contributed by atoms with Gasteiger partial charge >= 0.3 is 0 Å². The zero-order chi connectivity index (χ0) is 13.5. The standard InChI is InChI=1S/C16H33N3/c1-3-10-19-11-5-6-15(9-14-19)17-16-7-12-18(4-2)13-8-16/h15-17H,3-14H2,1-2H3. The molecule has 2 rings (SSSR count). The fourth-order valence-corrected chi connectivity index (χ4v) is 3.61. The lowest BCUT2D eigenvalue weighted by molar-refractivity contribution is 0.195. The maximum Gasteiger partial charge on any atom is 0.00940 e. The topological polar surface area (TPSA) is 18.5 Å².